The molecule has 1 aliphatic heterocycles. The number of rotatable bonds is 12. The van der Waals surface area contributed by atoms with E-state index in [1.165, 1.54) is 66.6 Å². The maximum Gasteiger partial charge on any atom is 0.417 e. The van der Waals surface area contributed by atoms with Crippen LogP contribution in [0.2, 0.25) is 0 Å². The molecule has 18 nitrogen and oxygen atoms in total. The smallest absolute Gasteiger partial charge is 0.417 e. The summed E-state index contributed by atoms with van der Waals surface area (Å²) in [5.74, 6) is -0.515. The van der Waals surface area contributed by atoms with Crippen molar-refractivity contribution < 1.29 is 42.1 Å². The Morgan fingerprint density at radius 3 is 2.51 bits per heavy atom. The van der Waals surface area contributed by atoms with Crippen LogP contribution in [0.3, 0.4) is 0 Å². The van der Waals surface area contributed by atoms with Crippen LogP contribution in [0.4, 0.5) is 35.0 Å². The molecule has 61 heavy (non-hydrogen) atoms. The Bertz CT molecular complexity index is 2780. The maximum atomic E-state index is 14.4. The number of hydrogen-bond donors (Lipinski definition) is 4. The number of imidazole rings is 2. The fraction of sp³-hybridized carbons (Fsp3) is 0.282. The zero-order valence-corrected chi connectivity index (χ0v) is 32.3. The number of aromatic nitrogens is 10. The van der Waals surface area contributed by atoms with Crippen molar-refractivity contribution in [2.75, 3.05) is 41.8 Å². The predicted octanol–water partition coefficient (Wildman–Crippen LogP) is 4.03. The highest BCUT2D eigenvalue weighted by Gasteiger charge is 2.34. The number of anilines is 3. The highest BCUT2D eigenvalue weighted by Crippen LogP contribution is 2.38. The number of aliphatic hydroxyl groups excluding tert-OH is 2. The topological polar surface area (TPSA) is 223 Å². The zero-order valence-electron chi connectivity index (χ0n) is 32.3. The van der Waals surface area contributed by atoms with E-state index in [0.717, 1.165) is 10.6 Å². The fourth-order valence-corrected chi connectivity index (χ4v) is 6.84. The van der Waals surface area contributed by atoms with Crippen molar-refractivity contribution in [3.8, 4) is 17.0 Å². The Labute approximate surface area is 342 Å². The molecule has 7 heterocycles. The van der Waals surface area contributed by atoms with E-state index < -0.39 is 49.0 Å². The molecule has 7 aromatic rings. The molecule has 314 valence electrons. The Hall–Kier alpha value is -7.20. The van der Waals surface area contributed by atoms with Crippen molar-refractivity contribution in [1.82, 2.24) is 49.1 Å². The van der Waals surface area contributed by atoms with Crippen molar-refractivity contribution in [3.63, 3.8) is 0 Å². The van der Waals surface area contributed by atoms with Gasteiger partial charge in [0, 0.05) is 48.1 Å². The number of fused-ring (bicyclic) bond motifs is 2. The van der Waals surface area contributed by atoms with Gasteiger partial charge >= 0.3 is 6.18 Å². The van der Waals surface area contributed by atoms with Crippen LogP contribution in [0.15, 0.2) is 67.3 Å². The molecule has 0 saturated carbocycles. The Morgan fingerprint density at radius 2 is 1.77 bits per heavy atom. The number of nitrogens with one attached hydrogen (secondary N) is 2. The standard InChI is InChI=1S/C39H35F4N13O5/c1-20-11-31(51-38(60)34-21(2)48-36-29(61-18-24(58)17-57)14-27(52-56(34)36)25-5-3-4-6-26(25)39(41,42)43)49-32(47-20)12-22-13-33(54-10-8-23(40)16-54)53-55-28(15-45-35(22)55)37(59)50-30-7-9-44-19-46-30/h3-7,9,11,13-15,19,23-24,57-58H,8,10,12,16-18H2,1-2H3,(H,44,46,50,59)(H,47,49,51,60). The van der Waals surface area contributed by atoms with Gasteiger partial charge in [-0.25, -0.2) is 43.3 Å². The normalized spacial score (nSPS) is 14.8. The van der Waals surface area contributed by atoms with Gasteiger partial charge < -0.3 is 30.5 Å². The third-order valence-electron chi connectivity index (χ3n) is 9.62. The molecule has 2 amide bonds. The number of benzene rings is 1. The summed E-state index contributed by atoms with van der Waals surface area (Å²) in [5, 5.41) is 33.8. The number of aliphatic hydroxyl groups is 2. The molecule has 1 aromatic carbocycles. The van der Waals surface area contributed by atoms with Crippen molar-refractivity contribution in [1.29, 1.82) is 0 Å². The first-order chi connectivity index (χ1) is 29.2. The third kappa shape index (κ3) is 8.47. The second-order valence-electron chi connectivity index (χ2n) is 14.1. The van der Waals surface area contributed by atoms with Crippen LogP contribution in [0.5, 0.6) is 5.75 Å². The van der Waals surface area contributed by atoms with E-state index in [0.29, 0.717) is 35.7 Å². The molecular weight excluding hydrogens is 807 g/mol. The summed E-state index contributed by atoms with van der Waals surface area (Å²) >= 11 is 0. The van der Waals surface area contributed by atoms with E-state index in [4.69, 9.17) is 4.74 Å². The first kappa shape index (κ1) is 40.6. The Balaban J connectivity index is 1.14. The monoisotopic (exact) mass is 841 g/mol. The van der Waals surface area contributed by atoms with Crippen LogP contribution in [-0.4, -0.2) is 110 Å². The van der Waals surface area contributed by atoms with Crippen molar-refractivity contribution in [2.24, 2.45) is 0 Å². The number of carbonyl (C=O) groups is 2. The van der Waals surface area contributed by atoms with Gasteiger partial charge in [0.2, 0.25) is 0 Å². The van der Waals surface area contributed by atoms with E-state index in [1.807, 2.05) is 0 Å². The van der Waals surface area contributed by atoms with Gasteiger partial charge in [-0.2, -0.15) is 18.3 Å². The van der Waals surface area contributed by atoms with E-state index >= 15 is 0 Å². The molecule has 2 unspecified atom stereocenters. The first-order valence-corrected chi connectivity index (χ1v) is 18.7. The minimum absolute atomic E-state index is 0.0268. The van der Waals surface area contributed by atoms with Crippen LogP contribution in [0.25, 0.3) is 22.6 Å². The van der Waals surface area contributed by atoms with Gasteiger partial charge in [0.1, 0.15) is 48.5 Å². The molecule has 1 fully saturated rings. The second kappa shape index (κ2) is 16.5. The summed E-state index contributed by atoms with van der Waals surface area (Å²) in [6.45, 7) is 2.57. The molecular formula is C39H35F4N13O5. The lowest BCUT2D eigenvalue weighted by Crippen LogP contribution is -2.23. The zero-order chi connectivity index (χ0) is 43.0. The maximum absolute atomic E-state index is 14.4. The van der Waals surface area contributed by atoms with Gasteiger partial charge in [-0.3, -0.25) is 9.59 Å². The number of carbonyl (C=O) groups excluding carboxylic acids is 2. The number of aryl methyl sites for hydroxylation is 2. The van der Waals surface area contributed by atoms with Crippen molar-refractivity contribution in [2.45, 2.75) is 45.1 Å². The number of ether oxygens (including phenoxy) is 1. The molecule has 6 aromatic heterocycles. The van der Waals surface area contributed by atoms with Crippen molar-refractivity contribution >= 4 is 40.6 Å². The summed E-state index contributed by atoms with van der Waals surface area (Å²) in [4.78, 5) is 55.2. The van der Waals surface area contributed by atoms with Gasteiger partial charge in [0.05, 0.1) is 36.3 Å². The predicted molar refractivity (Wildman–Crippen MR) is 209 cm³/mol. The summed E-state index contributed by atoms with van der Waals surface area (Å²) in [5.41, 5.74) is -0.224. The van der Waals surface area contributed by atoms with E-state index in [2.05, 4.69) is 50.7 Å². The molecule has 2 atom stereocenters. The van der Waals surface area contributed by atoms with Crippen molar-refractivity contribution in [3.05, 3.63) is 107 Å². The van der Waals surface area contributed by atoms with Crippen LogP contribution in [0.1, 0.15) is 55.7 Å². The lowest BCUT2D eigenvalue weighted by molar-refractivity contribution is -0.137. The van der Waals surface area contributed by atoms with E-state index in [-0.39, 0.29) is 70.2 Å². The molecule has 1 saturated heterocycles. The molecule has 22 heteroatoms. The summed E-state index contributed by atoms with van der Waals surface area (Å²) < 4.78 is 64.9. The molecule has 0 radical (unpaired) electrons. The highest BCUT2D eigenvalue weighted by atomic mass is 19.4. The number of alkyl halides is 4. The van der Waals surface area contributed by atoms with Gasteiger partial charge in [-0.1, -0.05) is 18.2 Å². The Morgan fingerprint density at radius 1 is 0.967 bits per heavy atom. The number of nitrogens with zero attached hydrogens (tertiary/aromatic N) is 11. The van der Waals surface area contributed by atoms with Gasteiger partial charge in [-0.15, -0.1) is 5.10 Å². The lowest BCUT2D eigenvalue weighted by Gasteiger charge is -2.18. The summed E-state index contributed by atoms with van der Waals surface area (Å²) in [6, 6.07) is 10.7. The summed E-state index contributed by atoms with van der Waals surface area (Å²) in [7, 11) is 0. The second-order valence-corrected chi connectivity index (χ2v) is 14.1. The molecule has 0 aliphatic carbocycles. The van der Waals surface area contributed by atoms with Crippen LogP contribution >= 0.6 is 0 Å². The minimum Gasteiger partial charge on any atom is -0.487 e. The largest absolute Gasteiger partial charge is 0.487 e. The molecule has 0 bridgehead atoms. The van der Waals surface area contributed by atoms with Crippen LogP contribution < -0.4 is 20.3 Å². The molecule has 1 aliphatic rings. The van der Waals surface area contributed by atoms with E-state index in [9.17, 15) is 37.4 Å². The average Bonchev–Trinajstić information content (AvgIpc) is 3.96. The molecule has 0 spiro atoms. The number of halogens is 4. The number of amides is 2. The van der Waals surface area contributed by atoms with Crippen LogP contribution in [0, 0.1) is 13.8 Å². The number of hydrogen-bond acceptors (Lipinski definition) is 14. The average molecular weight is 842 g/mol. The lowest BCUT2D eigenvalue weighted by atomic mass is 10.0. The third-order valence-corrected chi connectivity index (χ3v) is 9.62. The minimum atomic E-state index is -4.75. The Kier molecular flexibility index (Phi) is 10.9. The fourth-order valence-electron chi connectivity index (χ4n) is 6.84. The molecule has 8 rings (SSSR count). The first-order valence-electron chi connectivity index (χ1n) is 18.7. The summed E-state index contributed by atoms with van der Waals surface area (Å²) in [6.07, 6.45) is -2.71. The van der Waals surface area contributed by atoms with E-state index in [1.54, 1.807) is 17.9 Å². The van der Waals surface area contributed by atoms with Crippen LogP contribution in [-0.2, 0) is 12.6 Å². The van der Waals surface area contributed by atoms with Gasteiger partial charge in [-0.05, 0) is 38.5 Å². The highest BCUT2D eigenvalue weighted by molar-refractivity contribution is 6.04. The van der Waals surface area contributed by atoms with Gasteiger partial charge in [0.15, 0.2) is 28.4 Å². The van der Waals surface area contributed by atoms with Gasteiger partial charge in [0.25, 0.3) is 11.8 Å². The molecule has 4 N–H and O–H groups in total. The SMILES string of the molecule is Cc1cc(NC(=O)c2c(C)nc3c(OCC(O)CO)cc(-c4ccccc4C(F)(F)F)nn23)nc(Cc2cc(N3CCC(F)C3)nn3c(C(=O)Nc4ccncn4)cnc23)n1. The quantitative estimate of drug-likeness (QED) is 0.128.